The molecule has 3 rings (SSSR count). The maximum Gasteiger partial charge on any atom is 0.137 e. The predicted molar refractivity (Wildman–Crippen MR) is 126 cm³/mol. The summed E-state index contributed by atoms with van der Waals surface area (Å²) < 4.78 is 11.6. The van der Waals surface area contributed by atoms with Crippen LogP contribution >= 0.6 is 23.2 Å². The zero-order valence-electron chi connectivity index (χ0n) is 17.0. The van der Waals surface area contributed by atoms with Gasteiger partial charge in [-0.15, -0.1) is 0 Å². The van der Waals surface area contributed by atoms with Crippen molar-refractivity contribution in [2.45, 2.75) is 25.7 Å². The van der Waals surface area contributed by atoms with E-state index >= 15 is 0 Å². The molecule has 0 aliphatic carbocycles. The molecule has 0 amide bonds. The molecule has 3 nitrogen and oxygen atoms in total. The van der Waals surface area contributed by atoms with E-state index in [2.05, 4.69) is 35.6 Å². The highest BCUT2D eigenvalue weighted by Gasteiger charge is 2.02. The summed E-state index contributed by atoms with van der Waals surface area (Å²) in [6.45, 7) is 2.20. The number of halogens is 2. The van der Waals surface area contributed by atoms with E-state index in [0.29, 0.717) is 29.0 Å². The molecule has 0 saturated carbocycles. The van der Waals surface area contributed by atoms with E-state index in [0.717, 1.165) is 43.7 Å². The highest BCUT2D eigenvalue weighted by Crippen LogP contribution is 2.27. The number of aryl methyl sites for hydroxylation is 1. The molecular weight excluding hydrogens is 417 g/mol. The molecule has 0 spiro atoms. The van der Waals surface area contributed by atoms with Gasteiger partial charge in [-0.05, 0) is 61.6 Å². The molecule has 0 atom stereocenters. The van der Waals surface area contributed by atoms with E-state index in [4.69, 9.17) is 32.7 Å². The molecule has 0 bridgehead atoms. The second kappa shape index (κ2) is 12.4. The number of ether oxygens (including phenoxy) is 2. The first-order chi connectivity index (χ1) is 14.7. The van der Waals surface area contributed by atoms with Crippen LogP contribution in [0.15, 0.2) is 72.8 Å². The van der Waals surface area contributed by atoms with Crippen LogP contribution in [0, 0.1) is 0 Å². The highest BCUT2D eigenvalue weighted by atomic mass is 35.5. The number of hydrogen-bond acceptors (Lipinski definition) is 3. The van der Waals surface area contributed by atoms with E-state index in [1.807, 2.05) is 24.3 Å². The fourth-order valence-electron chi connectivity index (χ4n) is 3.04. The lowest BCUT2D eigenvalue weighted by Gasteiger charge is -2.11. The third-order valence-corrected chi connectivity index (χ3v) is 5.14. The van der Waals surface area contributed by atoms with E-state index in [-0.39, 0.29) is 0 Å². The van der Waals surface area contributed by atoms with Crippen molar-refractivity contribution >= 4 is 28.9 Å². The van der Waals surface area contributed by atoms with Crippen molar-refractivity contribution in [1.82, 2.24) is 0 Å². The topological polar surface area (TPSA) is 30.5 Å². The lowest BCUT2D eigenvalue weighted by Crippen LogP contribution is -2.05. The molecule has 3 aromatic carbocycles. The number of hydrogen-bond donors (Lipinski definition) is 1. The lowest BCUT2D eigenvalue weighted by atomic mass is 10.1. The zero-order chi connectivity index (χ0) is 21.0. The lowest BCUT2D eigenvalue weighted by molar-refractivity contribution is 0.308. The van der Waals surface area contributed by atoms with Gasteiger partial charge in [-0.3, -0.25) is 0 Å². The molecule has 5 heteroatoms. The van der Waals surface area contributed by atoms with Gasteiger partial charge >= 0.3 is 0 Å². The molecule has 0 aliphatic rings. The minimum Gasteiger partial charge on any atom is -0.494 e. The molecule has 0 unspecified atom stereocenters. The summed E-state index contributed by atoms with van der Waals surface area (Å²) in [4.78, 5) is 0. The molecule has 0 fully saturated rings. The number of unbranched alkanes of at least 4 members (excludes halogenated alkanes) is 1. The zero-order valence-corrected chi connectivity index (χ0v) is 18.5. The van der Waals surface area contributed by atoms with Crippen LogP contribution in [0.25, 0.3) is 0 Å². The Labute approximate surface area is 188 Å². The molecule has 0 aliphatic heterocycles. The van der Waals surface area contributed by atoms with Gasteiger partial charge in [0.05, 0.1) is 18.2 Å². The van der Waals surface area contributed by atoms with Gasteiger partial charge in [0.1, 0.15) is 11.5 Å². The smallest absolute Gasteiger partial charge is 0.137 e. The fraction of sp³-hybridized carbons (Fsp3) is 0.280. The Morgan fingerprint density at radius 2 is 1.57 bits per heavy atom. The van der Waals surface area contributed by atoms with Gasteiger partial charge in [0.25, 0.3) is 0 Å². The van der Waals surface area contributed by atoms with Crippen molar-refractivity contribution < 1.29 is 9.47 Å². The van der Waals surface area contributed by atoms with Crippen molar-refractivity contribution in [2.75, 3.05) is 25.1 Å². The largest absolute Gasteiger partial charge is 0.494 e. The van der Waals surface area contributed by atoms with Gasteiger partial charge in [0, 0.05) is 23.3 Å². The first-order valence-electron chi connectivity index (χ1n) is 10.3. The summed E-state index contributed by atoms with van der Waals surface area (Å²) in [6.07, 6.45) is 3.95. The molecule has 30 heavy (non-hydrogen) atoms. The quantitative estimate of drug-likeness (QED) is 0.298. The van der Waals surface area contributed by atoms with Crippen LogP contribution in [-0.2, 0) is 6.42 Å². The van der Waals surface area contributed by atoms with Crippen molar-refractivity contribution in [2.24, 2.45) is 0 Å². The average Bonchev–Trinajstić information content (AvgIpc) is 2.76. The van der Waals surface area contributed by atoms with E-state index < -0.39 is 0 Å². The first kappa shape index (κ1) is 22.3. The third-order valence-electron chi connectivity index (χ3n) is 4.61. The van der Waals surface area contributed by atoms with Crippen LogP contribution in [0.2, 0.25) is 10.0 Å². The van der Waals surface area contributed by atoms with Crippen molar-refractivity contribution in [3.63, 3.8) is 0 Å². The highest BCUT2D eigenvalue weighted by molar-refractivity contribution is 6.35. The molecular formula is C25H27Cl2NO2. The molecule has 0 saturated heterocycles. The monoisotopic (exact) mass is 443 g/mol. The summed E-state index contributed by atoms with van der Waals surface area (Å²) in [7, 11) is 0. The average molecular weight is 444 g/mol. The van der Waals surface area contributed by atoms with E-state index in [1.54, 1.807) is 18.2 Å². The number of nitrogens with one attached hydrogen (secondary N) is 1. The fourth-order valence-corrected chi connectivity index (χ4v) is 3.50. The second-order valence-corrected chi connectivity index (χ2v) is 7.87. The number of rotatable bonds is 12. The maximum atomic E-state index is 6.11. The second-order valence-electron chi connectivity index (χ2n) is 7.02. The van der Waals surface area contributed by atoms with Gasteiger partial charge < -0.3 is 14.8 Å². The first-order valence-corrected chi connectivity index (χ1v) is 11.0. The van der Waals surface area contributed by atoms with Crippen LogP contribution in [0.1, 0.15) is 24.8 Å². The minimum absolute atomic E-state index is 0.543. The number of anilines is 1. The third kappa shape index (κ3) is 7.81. The normalized spacial score (nSPS) is 10.6. The Bertz CT molecular complexity index is 903. The summed E-state index contributed by atoms with van der Waals surface area (Å²) in [6, 6.07) is 23.9. The van der Waals surface area contributed by atoms with Crippen LogP contribution in [0.3, 0.4) is 0 Å². The van der Waals surface area contributed by atoms with Crippen LogP contribution in [-0.4, -0.2) is 19.8 Å². The summed E-state index contributed by atoms with van der Waals surface area (Å²) >= 11 is 12.0. The van der Waals surface area contributed by atoms with Crippen LogP contribution in [0.5, 0.6) is 11.5 Å². The molecule has 158 valence electrons. The van der Waals surface area contributed by atoms with Crippen molar-refractivity contribution in [3.8, 4) is 11.5 Å². The summed E-state index contributed by atoms with van der Waals surface area (Å²) in [5, 5.41) is 4.59. The Kier molecular flexibility index (Phi) is 9.20. The van der Waals surface area contributed by atoms with Gasteiger partial charge in [-0.2, -0.15) is 0 Å². The Morgan fingerprint density at radius 1 is 0.733 bits per heavy atom. The number of benzene rings is 3. The minimum atomic E-state index is 0.543. The van der Waals surface area contributed by atoms with Gasteiger partial charge in [0.2, 0.25) is 0 Å². The Balaban J connectivity index is 1.30. The van der Waals surface area contributed by atoms with E-state index in [1.165, 1.54) is 5.56 Å². The molecule has 0 heterocycles. The molecule has 1 N–H and O–H groups in total. The van der Waals surface area contributed by atoms with Gasteiger partial charge in [-0.25, -0.2) is 0 Å². The Hall–Kier alpha value is -2.36. The molecule has 0 aromatic heterocycles. The van der Waals surface area contributed by atoms with Gasteiger partial charge in [-0.1, -0.05) is 59.6 Å². The SMILES string of the molecule is Clc1ccc(OCCCCNc2cccc(OCCCc3ccccc3)c2)c(Cl)c1. The Morgan fingerprint density at radius 3 is 2.40 bits per heavy atom. The van der Waals surface area contributed by atoms with E-state index in [9.17, 15) is 0 Å². The van der Waals surface area contributed by atoms with Crippen molar-refractivity contribution in [1.29, 1.82) is 0 Å². The maximum absolute atomic E-state index is 6.11. The summed E-state index contributed by atoms with van der Waals surface area (Å²) in [5.74, 6) is 1.57. The standard InChI is InChI=1S/C25H27Cl2NO2/c26-21-13-14-25(24(27)18-21)30-16-5-4-15-28-22-11-6-12-23(19-22)29-17-7-10-20-8-2-1-3-9-20/h1-3,6,8-9,11-14,18-19,28H,4-5,7,10,15-17H2. The van der Waals surface area contributed by atoms with Gasteiger partial charge in [0.15, 0.2) is 0 Å². The van der Waals surface area contributed by atoms with Crippen LogP contribution < -0.4 is 14.8 Å². The summed E-state index contributed by atoms with van der Waals surface area (Å²) in [5.41, 5.74) is 2.41. The molecule has 3 aromatic rings. The predicted octanol–water partition coefficient (Wildman–Crippen LogP) is 7.28. The molecule has 0 radical (unpaired) electrons. The van der Waals surface area contributed by atoms with Crippen molar-refractivity contribution in [3.05, 3.63) is 88.4 Å². The van der Waals surface area contributed by atoms with Crippen LogP contribution in [0.4, 0.5) is 5.69 Å².